The molecule has 2 aromatic rings. The summed E-state index contributed by atoms with van der Waals surface area (Å²) < 4.78 is 10.6. The van der Waals surface area contributed by atoms with Gasteiger partial charge in [-0.05, 0) is 38.1 Å². The lowest BCUT2D eigenvalue weighted by molar-refractivity contribution is -0.159. The standard InChI is InChI=1S/C17H17ClN2O4/c1-11(16(21)20-15-9-8-13(18)10-19-15)24-17(22)12(2)23-14-6-4-3-5-7-14/h3-12H,1-2H3,(H,19,20,21)/t11-,12+/m0/s1. The summed E-state index contributed by atoms with van der Waals surface area (Å²) in [6.07, 6.45) is -0.419. The molecule has 126 valence electrons. The van der Waals surface area contributed by atoms with Gasteiger partial charge in [-0.3, -0.25) is 4.79 Å². The summed E-state index contributed by atoms with van der Waals surface area (Å²) >= 11 is 5.72. The van der Waals surface area contributed by atoms with Crippen LogP contribution >= 0.6 is 11.6 Å². The van der Waals surface area contributed by atoms with E-state index in [0.717, 1.165) is 0 Å². The van der Waals surface area contributed by atoms with Crippen molar-refractivity contribution in [3.8, 4) is 5.75 Å². The molecule has 1 amide bonds. The van der Waals surface area contributed by atoms with Gasteiger partial charge in [0, 0.05) is 6.20 Å². The molecule has 1 heterocycles. The number of benzene rings is 1. The maximum Gasteiger partial charge on any atom is 0.347 e. The van der Waals surface area contributed by atoms with Gasteiger partial charge in [-0.15, -0.1) is 0 Å². The van der Waals surface area contributed by atoms with Crippen molar-refractivity contribution < 1.29 is 19.1 Å². The van der Waals surface area contributed by atoms with Gasteiger partial charge < -0.3 is 14.8 Å². The topological polar surface area (TPSA) is 77.5 Å². The van der Waals surface area contributed by atoms with E-state index < -0.39 is 24.1 Å². The zero-order valence-corrected chi connectivity index (χ0v) is 14.0. The maximum atomic E-state index is 12.0. The number of nitrogens with zero attached hydrogens (tertiary/aromatic N) is 1. The highest BCUT2D eigenvalue weighted by Gasteiger charge is 2.23. The molecule has 0 radical (unpaired) electrons. The first-order chi connectivity index (χ1) is 11.5. The van der Waals surface area contributed by atoms with Crippen LogP contribution in [0.25, 0.3) is 0 Å². The normalized spacial score (nSPS) is 12.8. The summed E-state index contributed by atoms with van der Waals surface area (Å²) in [5.74, 6) is -0.263. The molecule has 2 rings (SSSR count). The summed E-state index contributed by atoms with van der Waals surface area (Å²) in [5, 5.41) is 2.99. The molecule has 1 aromatic heterocycles. The van der Waals surface area contributed by atoms with Crippen molar-refractivity contribution in [2.75, 3.05) is 5.32 Å². The molecule has 6 nitrogen and oxygen atoms in total. The predicted molar refractivity (Wildman–Crippen MR) is 90.0 cm³/mol. The van der Waals surface area contributed by atoms with E-state index in [1.807, 2.05) is 6.07 Å². The van der Waals surface area contributed by atoms with Crippen molar-refractivity contribution in [2.24, 2.45) is 0 Å². The van der Waals surface area contributed by atoms with Gasteiger partial charge in [0.1, 0.15) is 11.6 Å². The molecule has 1 aromatic carbocycles. The number of aromatic nitrogens is 1. The van der Waals surface area contributed by atoms with Crippen LogP contribution in [0.5, 0.6) is 5.75 Å². The summed E-state index contributed by atoms with van der Waals surface area (Å²) in [7, 11) is 0. The Labute approximate surface area is 144 Å². The Morgan fingerprint density at radius 2 is 1.79 bits per heavy atom. The van der Waals surface area contributed by atoms with E-state index in [9.17, 15) is 9.59 Å². The number of amides is 1. The zero-order valence-electron chi connectivity index (χ0n) is 13.2. The number of rotatable bonds is 6. The maximum absolute atomic E-state index is 12.0. The van der Waals surface area contributed by atoms with Gasteiger partial charge in [0.2, 0.25) is 0 Å². The number of carbonyl (C=O) groups excluding carboxylic acids is 2. The van der Waals surface area contributed by atoms with Crippen LogP contribution in [-0.4, -0.2) is 29.1 Å². The van der Waals surface area contributed by atoms with Crippen LogP contribution in [-0.2, 0) is 14.3 Å². The average Bonchev–Trinajstić information content (AvgIpc) is 2.57. The van der Waals surface area contributed by atoms with E-state index >= 15 is 0 Å². The molecule has 0 unspecified atom stereocenters. The number of ether oxygens (including phenoxy) is 2. The van der Waals surface area contributed by atoms with Gasteiger partial charge in [-0.2, -0.15) is 0 Å². The molecule has 0 aliphatic heterocycles. The third-order valence-corrected chi connectivity index (χ3v) is 3.25. The fourth-order valence-electron chi connectivity index (χ4n) is 1.75. The van der Waals surface area contributed by atoms with Crippen molar-refractivity contribution in [3.05, 3.63) is 53.7 Å². The minimum absolute atomic E-state index is 0.320. The van der Waals surface area contributed by atoms with Gasteiger partial charge >= 0.3 is 5.97 Å². The second kappa shape index (κ2) is 8.31. The minimum Gasteiger partial charge on any atom is -0.479 e. The highest BCUT2D eigenvalue weighted by atomic mass is 35.5. The van der Waals surface area contributed by atoms with Gasteiger partial charge in [-0.25, -0.2) is 9.78 Å². The number of hydrogen-bond acceptors (Lipinski definition) is 5. The average molecular weight is 349 g/mol. The number of esters is 1. The van der Waals surface area contributed by atoms with Crippen molar-refractivity contribution in [2.45, 2.75) is 26.1 Å². The minimum atomic E-state index is -0.989. The monoisotopic (exact) mass is 348 g/mol. The lowest BCUT2D eigenvalue weighted by Gasteiger charge is -2.17. The number of para-hydroxylation sites is 1. The molecule has 0 saturated carbocycles. The number of nitrogens with one attached hydrogen (secondary N) is 1. The Morgan fingerprint density at radius 3 is 2.42 bits per heavy atom. The largest absolute Gasteiger partial charge is 0.479 e. The van der Waals surface area contributed by atoms with Gasteiger partial charge in [-0.1, -0.05) is 29.8 Å². The van der Waals surface area contributed by atoms with Crippen molar-refractivity contribution in [1.29, 1.82) is 0 Å². The van der Waals surface area contributed by atoms with Gasteiger partial charge in [0.05, 0.1) is 5.02 Å². The second-order valence-electron chi connectivity index (χ2n) is 5.00. The lowest BCUT2D eigenvalue weighted by atomic mass is 10.3. The van der Waals surface area contributed by atoms with E-state index in [1.54, 1.807) is 43.3 Å². The number of pyridine rings is 1. The van der Waals surface area contributed by atoms with Crippen LogP contribution in [0, 0.1) is 0 Å². The summed E-state index contributed by atoms with van der Waals surface area (Å²) in [4.78, 5) is 28.0. The molecule has 7 heteroatoms. The molecule has 1 N–H and O–H groups in total. The highest BCUT2D eigenvalue weighted by Crippen LogP contribution is 2.13. The number of carbonyl (C=O) groups is 2. The molecular formula is C17H17ClN2O4. The van der Waals surface area contributed by atoms with E-state index in [-0.39, 0.29) is 0 Å². The highest BCUT2D eigenvalue weighted by molar-refractivity contribution is 6.30. The second-order valence-corrected chi connectivity index (χ2v) is 5.44. The first-order valence-corrected chi connectivity index (χ1v) is 7.68. The Bertz CT molecular complexity index is 691. The fraction of sp³-hybridized carbons (Fsp3) is 0.235. The molecular weight excluding hydrogens is 332 g/mol. The van der Waals surface area contributed by atoms with E-state index in [2.05, 4.69) is 10.3 Å². The number of anilines is 1. The van der Waals surface area contributed by atoms with Crippen LogP contribution in [0.3, 0.4) is 0 Å². The smallest absolute Gasteiger partial charge is 0.347 e. The molecule has 0 saturated heterocycles. The predicted octanol–water partition coefficient (Wildman–Crippen LogP) is 3.07. The Balaban J connectivity index is 1.85. The van der Waals surface area contributed by atoms with Crippen molar-refractivity contribution >= 4 is 29.3 Å². The fourth-order valence-corrected chi connectivity index (χ4v) is 1.86. The first-order valence-electron chi connectivity index (χ1n) is 7.30. The number of halogens is 1. The Kier molecular flexibility index (Phi) is 6.14. The SMILES string of the molecule is C[C@H](OC(=O)[C@@H](C)Oc1ccccc1)C(=O)Nc1ccc(Cl)cn1. The molecule has 0 bridgehead atoms. The third-order valence-electron chi connectivity index (χ3n) is 3.03. The molecule has 0 fully saturated rings. The molecule has 24 heavy (non-hydrogen) atoms. The molecule has 0 spiro atoms. The van der Waals surface area contributed by atoms with Crippen LogP contribution < -0.4 is 10.1 Å². The lowest BCUT2D eigenvalue weighted by Crippen LogP contribution is -2.35. The zero-order chi connectivity index (χ0) is 17.5. The van der Waals surface area contributed by atoms with E-state index in [1.165, 1.54) is 13.1 Å². The van der Waals surface area contributed by atoms with Crippen LogP contribution in [0.4, 0.5) is 5.82 Å². The molecule has 0 aliphatic rings. The Morgan fingerprint density at radius 1 is 1.08 bits per heavy atom. The third kappa shape index (κ3) is 5.24. The number of hydrogen-bond donors (Lipinski definition) is 1. The summed E-state index contributed by atoms with van der Waals surface area (Å²) in [6, 6.07) is 12.0. The van der Waals surface area contributed by atoms with E-state index in [0.29, 0.717) is 16.6 Å². The van der Waals surface area contributed by atoms with Gasteiger partial charge in [0.15, 0.2) is 12.2 Å². The summed E-state index contributed by atoms with van der Waals surface area (Å²) in [6.45, 7) is 3.03. The Hall–Kier alpha value is -2.60. The van der Waals surface area contributed by atoms with Crippen LogP contribution in [0.15, 0.2) is 48.7 Å². The quantitative estimate of drug-likeness (QED) is 0.812. The van der Waals surface area contributed by atoms with Gasteiger partial charge in [0.25, 0.3) is 5.91 Å². The molecule has 2 atom stereocenters. The summed E-state index contributed by atoms with van der Waals surface area (Å²) in [5.41, 5.74) is 0. The van der Waals surface area contributed by atoms with Crippen molar-refractivity contribution in [3.63, 3.8) is 0 Å². The van der Waals surface area contributed by atoms with Crippen LogP contribution in [0.2, 0.25) is 5.02 Å². The molecule has 0 aliphatic carbocycles. The van der Waals surface area contributed by atoms with Crippen LogP contribution in [0.1, 0.15) is 13.8 Å². The first kappa shape index (κ1) is 17.7. The van der Waals surface area contributed by atoms with E-state index in [4.69, 9.17) is 21.1 Å². The van der Waals surface area contributed by atoms with Crippen molar-refractivity contribution in [1.82, 2.24) is 4.98 Å².